The number of hydrogen-bond acceptors (Lipinski definition) is 5. The number of aryl methyl sites for hydroxylation is 1. The molecule has 0 radical (unpaired) electrons. The topological polar surface area (TPSA) is 69.0 Å². The minimum Gasteiger partial charge on any atom is -0.457 e. The van der Waals surface area contributed by atoms with Gasteiger partial charge in [-0.05, 0) is 49.7 Å². The fourth-order valence-electron chi connectivity index (χ4n) is 2.71. The molecule has 152 valence electrons. The lowest BCUT2D eigenvalue weighted by Crippen LogP contribution is -2.22. The van der Waals surface area contributed by atoms with Gasteiger partial charge in [0, 0.05) is 12.2 Å². The number of nitrogens with zero attached hydrogens (tertiary/aromatic N) is 3. The standard InChI is InChI=1S/C22H26N4O2S/c1-3-4-8-15-26-16-23-25-22(26)29-17(2)21(27)24-18-11-13-20(14-12-18)28-19-9-6-5-7-10-19/h5-7,9-14,16-17H,3-4,8,15H2,1-2H3,(H,24,27)/t17-/m1/s1. The molecule has 0 spiro atoms. The maximum atomic E-state index is 12.6. The average Bonchev–Trinajstić information content (AvgIpc) is 3.17. The Morgan fingerprint density at radius 2 is 1.83 bits per heavy atom. The van der Waals surface area contributed by atoms with Crippen LogP contribution in [0.15, 0.2) is 66.1 Å². The van der Waals surface area contributed by atoms with E-state index in [1.807, 2.05) is 66.1 Å². The molecule has 2 aromatic carbocycles. The number of carbonyl (C=O) groups is 1. The molecule has 7 heteroatoms. The number of thioether (sulfide) groups is 1. The molecule has 1 heterocycles. The molecule has 1 atom stereocenters. The van der Waals surface area contributed by atoms with E-state index >= 15 is 0 Å². The van der Waals surface area contributed by atoms with E-state index in [0.717, 1.165) is 35.3 Å². The molecule has 0 aliphatic carbocycles. The number of para-hydroxylation sites is 1. The number of aromatic nitrogens is 3. The van der Waals surface area contributed by atoms with Gasteiger partial charge in [0.15, 0.2) is 5.16 Å². The van der Waals surface area contributed by atoms with E-state index in [0.29, 0.717) is 0 Å². The summed E-state index contributed by atoms with van der Waals surface area (Å²) < 4.78 is 7.79. The van der Waals surface area contributed by atoms with Crippen molar-refractivity contribution in [2.45, 2.75) is 50.1 Å². The number of rotatable bonds is 10. The molecule has 1 aromatic heterocycles. The van der Waals surface area contributed by atoms with Crippen molar-refractivity contribution < 1.29 is 9.53 Å². The van der Waals surface area contributed by atoms with Crippen molar-refractivity contribution in [1.29, 1.82) is 0 Å². The molecule has 3 aromatic rings. The normalized spacial score (nSPS) is 11.8. The van der Waals surface area contributed by atoms with Gasteiger partial charge >= 0.3 is 0 Å². The predicted octanol–water partition coefficient (Wildman–Crippen LogP) is 5.38. The number of hydrogen-bond donors (Lipinski definition) is 1. The van der Waals surface area contributed by atoms with Crippen LogP contribution < -0.4 is 10.1 Å². The third kappa shape index (κ3) is 6.35. The minimum absolute atomic E-state index is 0.0742. The van der Waals surface area contributed by atoms with Gasteiger partial charge in [-0.25, -0.2) is 0 Å². The van der Waals surface area contributed by atoms with Gasteiger partial charge < -0.3 is 14.6 Å². The number of anilines is 1. The molecular weight excluding hydrogens is 384 g/mol. The molecule has 0 saturated heterocycles. The highest BCUT2D eigenvalue weighted by Gasteiger charge is 2.18. The van der Waals surface area contributed by atoms with Gasteiger partial charge in [-0.2, -0.15) is 0 Å². The number of amides is 1. The maximum absolute atomic E-state index is 12.6. The largest absolute Gasteiger partial charge is 0.457 e. The monoisotopic (exact) mass is 410 g/mol. The van der Waals surface area contributed by atoms with Gasteiger partial charge in [0.2, 0.25) is 5.91 Å². The average molecular weight is 411 g/mol. The van der Waals surface area contributed by atoms with E-state index in [1.165, 1.54) is 24.6 Å². The van der Waals surface area contributed by atoms with Gasteiger partial charge in [0.05, 0.1) is 5.25 Å². The van der Waals surface area contributed by atoms with Crippen LogP contribution in [-0.4, -0.2) is 25.9 Å². The van der Waals surface area contributed by atoms with Crippen LogP contribution in [0, 0.1) is 0 Å². The van der Waals surface area contributed by atoms with E-state index in [-0.39, 0.29) is 11.2 Å². The second kappa shape index (κ2) is 10.7. The second-order valence-corrected chi connectivity index (χ2v) is 8.01. The summed E-state index contributed by atoms with van der Waals surface area (Å²) in [6.07, 6.45) is 5.15. The van der Waals surface area contributed by atoms with Crippen molar-refractivity contribution >= 4 is 23.4 Å². The number of benzene rings is 2. The van der Waals surface area contributed by atoms with Gasteiger partial charge in [0.1, 0.15) is 17.8 Å². The summed E-state index contributed by atoms with van der Waals surface area (Å²) in [5.74, 6) is 1.42. The molecular formula is C22H26N4O2S. The molecule has 0 fully saturated rings. The summed E-state index contributed by atoms with van der Waals surface area (Å²) in [6.45, 7) is 4.92. The van der Waals surface area contributed by atoms with Crippen molar-refractivity contribution in [2.24, 2.45) is 0 Å². The minimum atomic E-state index is -0.288. The molecule has 6 nitrogen and oxygen atoms in total. The first-order valence-electron chi connectivity index (χ1n) is 9.84. The number of carbonyl (C=O) groups excluding carboxylic acids is 1. The van der Waals surface area contributed by atoms with Crippen molar-refractivity contribution in [3.05, 3.63) is 60.9 Å². The maximum Gasteiger partial charge on any atom is 0.237 e. The van der Waals surface area contributed by atoms with Crippen LogP contribution in [0.1, 0.15) is 33.1 Å². The Hall–Kier alpha value is -2.80. The Kier molecular flexibility index (Phi) is 7.69. The lowest BCUT2D eigenvalue weighted by Gasteiger charge is -2.13. The molecule has 0 bridgehead atoms. The Labute approximate surface area is 175 Å². The summed E-state index contributed by atoms with van der Waals surface area (Å²) in [7, 11) is 0. The van der Waals surface area contributed by atoms with Gasteiger partial charge in [-0.15, -0.1) is 10.2 Å². The Balaban J connectivity index is 1.52. The summed E-state index contributed by atoms with van der Waals surface area (Å²) in [5, 5.41) is 11.6. The molecule has 0 aliphatic rings. The van der Waals surface area contributed by atoms with Crippen LogP contribution in [0.25, 0.3) is 0 Å². The van der Waals surface area contributed by atoms with E-state index in [2.05, 4.69) is 22.4 Å². The van der Waals surface area contributed by atoms with Gasteiger partial charge in [-0.3, -0.25) is 4.79 Å². The van der Waals surface area contributed by atoms with Crippen molar-refractivity contribution in [3.8, 4) is 11.5 Å². The molecule has 0 aliphatic heterocycles. The third-order valence-corrected chi connectivity index (χ3v) is 5.43. The van der Waals surface area contributed by atoms with Gasteiger partial charge in [-0.1, -0.05) is 49.7 Å². The fraction of sp³-hybridized carbons (Fsp3) is 0.318. The van der Waals surface area contributed by atoms with Crippen molar-refractivity contribution in [3.63, 3.8) is 0 Å². The van der Waals surface area contributed by atoms with E-state index in [4.69, 9.17) is 4.74 Å². The zero-order chi connectivity index (χ0) is 20.5. The Morgan fingerprint density at radius 1 is 1.10 bits per heavy atom. The first-order chi connectivity index (χ1) is 14.2. The van der Waals surface area contributed by atoms with Crippen LogP contribution in [0.3, 0.4) is 0 Å². The smallest absolute Gasteiger partial charge is 0.237 e. The van der Waals surface area contributed by atoms with Gasteiger partial charge in [0.25, 0.3) is 0 Å². The van der Waals surface area contributed by atoms with Crippen LogP contribution >= 0.6 is 11.8 Å². The van der Waals surface area contributed by atoms with E-state index < -0.39 is 0 Å². The Morgan fingerprint density at radius 3 is 2.55 bits per heavy atom. The molecule has 1 N–H and O–H groups in total. The molecule has 29 heavy (non-hydrogen) atoms. The highest BCUT2D eigenvalue weighted by atomic mass is 32.2. The first-order valence-corrected chi connectivity index (χ1v) is 10.7. The zero-order valence-corrected chi connectivity index (χ0v) is 17.6. The van der Waals surface area contributed by atoms with E-state index in [9.17, 15) is 4.79 Å². The van der Waals surface area contributed by atoms with E-state index in [1.54, 1.807) is 6.33 Å². The molecule has 0 unspecified atom stereocenters. The van der Waals surface area contributed by atoms with Crippen molar-refractivity contribution in [1.82, 2.24) is 14.8 Å². The highest BCUT2D eigenvalue weighted by Crippen LogP contribution is 2.25. The summed E-state index contributed by atoms with van der Waals surface area (Å²) in [4.78, 5) is 12.6. The zero-order valence-electron chi connectivity index (χ0n) is 16.7. The predicted molar refractivity (Wildman–Crippen MR) is 116 cm³/mol. The Bertz CT molecular complexity index is 897. The number of ether oxygens (including phenoxy) is 1. The molecule has 3 rings (SSSR count). The SMILES string of the molecule is CCCCCn1cnnc1S[C@H](C)C(=O)Nc1ccc(Oc2ccccc2)cc1. The summed E-state index contributed by atoms with van der Waals surface area (Å²) >= 11 is 1.42. The molecule has 1 amide bonds. The van der Waals surface area contributed by atoms with Crippen LogP contribution in [0.4, 0.5) is 5.69 Å². The fourth-order valence-corrected chi connectivity index (χ4v) is 3.56. The first kappa shape index (κ1) is 20.9. The van der Waals surface area contributed by atoms with Crippen molar-refractivity contribution in [2.75, 3.05) is 5.32 Å². The lowest BCUT2D eigenvalue weighted by molar-refractivity contribution is -0.115. The lowest BCUT2D eigenvalue weighted by atomic mass is 10.2. The molecule has 0 saturated carbocycles. The number of nitrogens with one attached hydrogen (secondary N) is 1. The number of unbranched alkanes of at least 4 members (excludes halogenated alkanes) is 2. The second-order valence-electron chi connectivity index (χ2n) is 6.70. The quantitative estimate of drug-likeness (QED) is 0.359. The third-order valence-electron chi connectivity index (χ3n) is 4.33. The highest BCUT2D eigenvalue weighted by molar-refractivity contribution is 8.00. The summed E-state index contributed by atoms with van der Waals surface area (Å²) in [5.41, 5.74) is 0.729. The van der Waals surface area contributed by atoms with Crippen LogP contribution in [-0.2, 0) is 11.3 Å². The summed E-state index contributed by atoms with van der Waals surface area (Å²) in [6, 6.07) is 16.9. The van der Waals surface area contributed by atoms with Crippen LogP contribution in [0.5, 0.6) is 11.5 Å². The van der Waals surface area contributed by atoms with Crippen LogP contribution in [0.2, 0.25) is 0 Å².